The maximum atomic E-state index is 12.3. The lowest BCUT2D eigenvalue weighted by atomic mass is 10.1. The number of amides is 1. The van der Waals surface area contributed by atoms with Crippen LogP contribution in [0, 0.1) is 0 Å². The highest BCUT2D eigenvalue weighted by atomic mass is 79.9. The van der Waals surface area contributed by atoms with Crippen molar-refractivity contribution >= 4 is 33.5 Å². The van der Waals surface area contributed by atoms with Crippen molar-refractivity contribution in [3.8, 4) is 11.5 Å². The monoisotopic (exact) mass is 378 g/mol. The molecule has 23 heavy (non-hydrogen) atoms. The maximum Gasteiger partial charge on any atom is 0.256 e. The van der Waals surface area contributed by atoms with Crippen molar-refractivity contribution in [2.45, 2.75) is 0 Å². The highest BCUT2D eigenvalue weighted by Gasteiger charge is 2.16. The van der Waals surface area contributed by atoms with Crippen molar-refractivity contribution in [2.75, 3.05) is 19.5 Å². The minimum Gasteiger partial charge on any atom is -0.545 e. The van der Waals surface area contributed by atoms with Gasteiger partial charge in [-0.1, -0.05) is 12.1 Å². The third kappa shape index (κ3) is 3.62. The van der Waals surface area contributed by atoms with E-state index in [1.54, 1.807) is 24.3 Å². The van der Waals surface area contributed by atoms with Crippen LogP contribution in [0.15, 0.2) is 40.9 Å². The second-order valence-corrected chi connectivity index (χ2v) is 5.33. The zero-order valence-corrected chi connectivity index (χ0v) is 14.0. The minimum atomic E-state index is -1.44. The molecule has 0 fully saturated rings. The Hall–Kier alpha value is -2.54. The van der Waals surface area contributed by atoms with Crippen molar-refractivity contribution in [3.05, 3.63) is 52.0 Å². The van der Waals surface area contributed by atoms with E-state index in [1.165, 1.54) is 26.4 Å². The van der Waals surface area contributed by atoms with Gasteiger partial charge in [-0.2, -0.15) is 0 Å². The largest absolute Gasteiger partial charge is 0.545 e. The van der Waals surface area contributed by atoms with Crippen molar-refractivity contribution in [1.29, 1.82) is 0 Å². The van der Waals surface area contributed by atoms with Crippen LogP contribution >= 0.6 is 15.9 Å². The first-order valence-electron chi connectivity index (χ1n) is 6.51. The zero-order chi connectivity index (χ0) is 17.0. The number of halogens is 1. The number of methoxy groups -OCH3 is 2. The number of carbonyl (C=O) groups is 2. The molecular formula is C16H13BrNO5-. The van der Waals surface area contributed by atoms with Crippen LogP contribution in [-0.2, 0) is 0 Å². The van der Waals surface area contributed by atoms with Gasteiger partial charge in [-0.15, -0.1) is 0 Å². The summed E-state index contributed by atoms with van der Waals surface area (Å²) in [6, 6.07) is 9.41. The van der Waals surface area contributed by atoms with Crippen molar-refractivity contribution in [1.82, 2.24) is 0 Å². The smallest absolute Gasteiger partial charge is 0.256 e. The number of carboxylic acid groups (broad SMARTS) is 1. The van der Waals surface area contributed by atoms with Gasteiger partial charge >= 0.3 is 0 Å². The molecule has 1 amide bonds. The van der Waals surface area contributed by atoms with Crippen LogP contribution in [0.25, 0.3) is 0 Å². The van der Waals surface area contributed by atoms with E-state index >= 15 is 0 Å². The molecule has 0 saturated heterocycles. The van der Waals surface area contributed by atoms with E-state index in [1.807, 2.05) is 0 Å². The first-order valence-corrected chi connectivity index (χ1v) is 7.30. The number of hydrogen-bond acceptors (Lipinski definition) is 5. The Morgan fingerprint density at radius 3 is 2.22 bits per heavy atom. The Labute approximate surface area is 141 Å². The highest BCUT2D eigenvalue weighted by Crippen LogP contribution is 2.33. The molecule has 0 heterocycles. The Balaban J connectivity index is 2.44. The lowest BCUT2D eigenvalue weighted by Crippen LogP contribution is -2.25. The first kappa shape index (κ1) is 16.8. The van der Waals surface area contributed by atoms with Gasteiger partial charge < -0.3 is 24.7 Å². The molecule has 0 saturated carbocycles. The number of carboxylic acids is 1. The number of aromatic carboxylic acids is 1. The molecule has 2 rings (SSSR count). The van der Waals surface area contributed by atoms with Crippen molar-refractivity contribution < 1.29 is 24.2 Å². The van der Waals surface area contributed by atoms with Gasteiger partial charge in [-0.3, -0.25) is 4.79 Å². The lowest BCUT2D eigenvalue weighted by molar-refractivity contribution is -0.254. The summed E-state index contributed by atoms with van der Waals surface area (Å²) in [5.74, 6) is -1.38. The van der Waals surface area contributed by atoms with Gasteiger partial charge in [-0.25, -0.2) is 0 Å². The molecule has 0 aliphatic heterocycles. The van der Waals surface area contributed by atoms with Gasteiger partial charge in [0, 0.05) is 16.1 Å². The molecular weight excluding hydrogens is 366 g/mol. The fraction of sp³-hybridized carbons (Fsp3) is 0.125. The topological polar surface area (TPSA) is 87.7 Å². The fourth-order valence-electron chi connectivity index (χ4n) is 1.99. The van der Waals surface area contributed by atoms with Gasteiger partial charge in [0.05, 0.1) is 31.4 Å². The number of nitrogens with one attached hydrogen (secondary N) is 1. The second-order valence-electron chi connectivity index (χ2n) is 4.47. The number of rotatable bonds is 5. The van der Waals surface area contributed by atoms with Crippen LogP contribution < -0.4 is 19.9 Å². The standard InChI is InChI=1S/C16H14BrNO5/c1-22-13-7-10(16(20)21)12(8-14(13)23-2)18-15(19)9-5-3-4-6-11(9)17/h3-8H,1-2H3,(H,18,19)(H,20,21)/p-1. The molecule has 0 bridgehead atoms. The normalized spacial score (nSPS) is 10.0. The van der Waals surface area contributed by atoms with E-state index in [4.69, 9.17) is 9.47 Å². The maximum absolute atomic E-state index is 12.3. The number of carbonyl (C=O) groups excluding carboxylic acids is 2. The van der Waals surface area contributed by atoms with E-state index in [0.29, 0.717) is 15.8 Å². The molecule has 0 radical (unpaired) electrons. The molecule has 2 aromatic rings. The number of anilines is 1. The molecule has 1 N–H and O–H groups in total. The second kappa shape index (κ2) is 7.15. The summed E-state index contributed by atoms with van der Waals surface area (Å²) in [6.07, 6.45) is 0. The molecule has 0 aliphatic rings. The summed E-state index contributed by atoms with van der Waals surface area (Å²) in [5, 5.41) is 13.9. The molecule has 0 aliphatic carbocycles. The molecule has 0 atom stereocenters. The van der Waals surface area contributed by atoms with Gasteiger partial charge in [-0.05, 0) is 34.1 Å². The average molecular weight is 379 g/mol. The predicted octanol–water partition coefficient (Wildman–Crippen LogP) is 2.08. The molecule has 0 unspecified atom stereocenters. The van der Waals surface area contributed by atoms with Crippen LogP contribution in [0.5, 0.6) is 11.5 Å². The van der Waals surface area contributed by atoms with Crippen LogP contribution in [0.2, 0.25) is 0 Å². The fourth-order valence-corrected chi connectivity index (χ4v) is 2.45. The third-order valence-corrected chi connectivity index (χ3v) is 3.80. The predicted molar refractivity (Wildman–Crippen MR) is 86.0 cm³/mol. The van der Waals surface area contributed by atoms with Gasteiger partial charge in [0.2, 0.25) is 0 Å². The Morgan fingerprint density at radius 2 is 1.65 bits per heavy atom. The van der Waals surface area contributed by atoms with Gasteiger partial charge in [0.15, 0.2) is 11.5 Å². The van der Waals surface area contributed by atoms with Crippen LogP contribution in [0.4, 0.5) is 5.69 Å². The highest BCUT2D eigenvalue weighted by molar-refractivity contribution is 9.10. The molecule has 120 valence electrons. The Kier molecular flexibility index (Phi) is 5.23. The zero-order valence-electron chi connectivity index (χ0n) is 12.4. The lowest BCUT2D eigenvalue weighted by Gasteiger charge is -2.16. The van der Waals surface area contributed by atoms with Gasteiger partial charge in [0.1, 0.15) is 0 Å². The molecule has 0 spiro atoms. The van der Waals surface area contributed by atoms with E-state index in [2.05, 4.69) is 21.2 Å². The Morgan fingerprint density at radius 1 is 1.04 bits per heavy atom. The number of ether oxygens (including phenoxy) is 2. The summed E-state index contributed by atoms with van der Waals surface area (Å²) in [4.78, 5) is 23.6. The summed E-state index contributed by atoms with van der Waals surface area (Å²) in [7, 11) is 2.80. The molecule has 0 aromatic heterocycles. The van der Waals surface area contributed by atoms with Gasteiger partial charge in [0.25, 0.3) is 5.91 Å². The van der Waals surface area contributed by atoms with E-state index in [-0.39, 0.29) is 17.0 Å². The van der Waals surface area contributed by atoms with Crippen molar-refractivity contribution in [2.24, 2.45) is 0 Å². The summed E-state index contributed by atoms with van der Waals surface area (Å²) in [6.45, 7) is 0. The third-order valence-electron chi connectivity index (χ3n) is 3.11. The number of benzene rings is 2. The summed E-state index contributed by atoms with van der Waals surface area (Å²) >= 11 is 3.27. The first-order chi connectivity index (χ1) is 11.0. The molecule has 7 heteroatoms. The van der Waals surface area contributed by atoms with E-state index < -0.39 is 11.9 Å². The van der Waals surface area contributed by atoms with Crippen LogP contribution in [-0.4, -0.2) is 26.1 Å². The Bertz CT molecular complexity index is 760. The minimum absolute atomic E-state index is 0.0587. The number of hydrogen-bond donors (Lipinski definition) is 1. The molecule has 6 nitrogen and oxygen atoms in total. The summed E-state index contributed by atoms with van der Waals surface area (Å²) in [5.41, 5.74) is 0.220. The van der Waals surface area contributed by atoms with E-state index in [0.717, 1.165) is 0 Å². The van der Waals surface area contributed by atoms with Crippen LogP contribution in [0.3, 0.4) is 0 Å². The molecule has 2 aromatic carbocycles. The SMILES string of the molecule is COc1cc(NC(=O)c2ccccc2Br)c(C(=O)[O-])cc1OC. The summed E-state index contributed by atoms with van der Waals surface area (Å²) < 4.78 is 10.8. The average Bonchev–Trinajstić information content (AvgIpc) is 2.54. The van der Waals surface area contributed by atoms with Crippen molar-refractivity contribution in [3.63, 3.8) is 0 Å². The van der Waals surface area contributed by atoms with Crippen LogP contribution in [0.1, 0.15) is 20.7 Å². The van der Waals surface area contributed by atoms with E-state index in [9.17, 15) is 14.7 Å². The quantitative estimate of drug-likeness (QED) is 0.860.